The van der Waals surface area contributed by atoms with Crippen molar-refractivity contribution in [3.8, 4) is 5.75 Å². The maximum absolute atomic E-state index is 13.1. The number of hydrogen-bond acceptors (Lipinski definition) is 4. The minimum absolute atomic E-state index is 0.0730. The molecule has 37 heavy (non-hydrogen) atoms. The molecule has 3 aromatic carbocycles. The van der Waals surface area contributed by atoms with Gasteiger partial charge >= 0.3 is 22.3 Å². The number of urea groups is 1. The lowest BCUT2D eigenvalue weighted by Gasteiger charge is -2.26. The highest BCUT2D eigenvalue weighted by atomic mass is 32.2. The Bertz CT molecular complexity index is 1340. The van der Waals surface area contributed by atoms with Crippen molar-refractivity contribution in [2.45, 2.75) is 44.8 Å². The highest BCUT2D eigenvalue weighted by Crippen LogP contribution is 2.31. The third kappa shape index (κ3) is 7.72. The maximum Gasteiger partial charge on any atom is 0.416 e. The van der Waals surface area contributed by atoms with Gasteiger partial charge < -0.3 is 14.4 Å². The second-order valence-electron chi connectivity index (χ2n) is 8.93. The quantitative estimate of drug-likeness (QED) is 0.309. The van der Waals surface area contributed by atoms with Gasteiger partial charge in [0.05, 0.1) is 5.56 Å². The van der Waals surface area contributed by atoms with Gasteiger partial charge in [0.1, 0.15) is 10.6 Å². The Labute approximate surface area is 215 Å². The van der Waals surface area contributed by atoms with Gasteiger partial charge in [0.2, 0.25) is 0 Å². The summed E-state index contributed by atoms with van der Waals surface area (Å²) in [6.07, 6.45) is -3.94. The lowest BCUT2D eigenvalue weighted by atomic mass is 10.1. The van der Waals surface area contributed by atoms with Crippen molar-refractivity contribution in [3.05, 3.63) is 89.5 Å². The summed E-state index contributed by atoms with van der Waals surface area (Å²) in [5.41, 5.74) is 1.21. The first-order chi connectivity index (χ1) is 17.4. The van der Waals surface area contributed by atoms with Gasteiger partial charge in [-0.2, -0.15) is 21.6 Å². The van der Waals surface area contributed by atoms with Crippen LogP contribution in [0.4, 0.5) is 23.7 Å². The number of amides is 2. The summed E-state index contributed by atoms with van der Waals surface area (Å²) in [6.45, 7) is 6.55. The molecular weight excluding hydrogens is 505 g/mol. The number of carbonyl (C=O) groups is 1. The highest BCUT2D eigenvalue weighted by Gasteiger charge is 2.32. The number of rotatable bonds is 9. The number of carbonyl (C=O) groups excluding carboxylic acids is 1. The lowest BCUT2D eigenvalue weighted by Crippen LogP contribution is -2.37. The van der Waals surface area contributed by atoms with Gasteiger partial charge in [0, 0.05) is 18.8 Å². The monoisotopic (exact) mass is 534 g/mol. The average Bonchev–Trinajstić information content (AvgIpc) is 2.83. The zero-order valence-corrected chi connectivity index (χ0v) is 21.6. The Morgan fingerprint density at radius 1 is 1.00 bits per heavy atom. The summed E-state index contributed by atoms with van der Waals surface area (Å²) in [5, 5.41) is 2.95. The van der Waals surface area contributed by atoms with E-state index >= 15 is 0 Å². The molecule has 0 saturated heterocycles. The standard InChI is InChI=1S/C27H29F3N2O4S/c1-4-21-10-5-6-14-25(21)31-26(33)32(17-19(2)3)18-20-9-7-12-23(15-20)36-37(34,35)24-13-8-11-22(16-24)27(28,29)30/h5-16,19H,4,17-18H2,1-3H3,(H,31,33). The molecule has 0 saturated carbocycles. The first-order valence-electron chi connectivity index (χ1n) is 11.7. The first-order valence-corrected chi connectivity index (χ1v) is 13.1. The van der Waals surface area contributed by atoms with E-state index in [1.54, 1.807) is 17.0 Å². The zero-order chi connectivity index (χ0) is 27.2. The Morgan fingerprint density at radius 2 is 1.70 bits per heavy atom. The van der Waals surface area contributed by atoms with Crippen molar-refractivity contribution in [1.29, 1.82) is 0 Å². The molecule has 0 aliphatic carbocycles. The summed E-state index contributed by atoms with van der Waals surface area (Å²) in [5.74, 6) is 0.0871. The number of benzene rings is 3. The van der Waals surface area contributed by atoms with E-state index < -0.39 is 26.8 Å². The molecule has 3 aromatic rings. The smallest absolute Gasteiger partial charge is 0.379 e. The number of alkyl halides is 3. The van der Waals surface area contributed by atoms with Crippen LogP contribution in [0.1, 0.15) is 37.5 Å². The molecule has 3 rings (SSSR count). The van der Waals surface area contributed by atoms with Crippen molar-refractivity contribution in [3.63, 3.8) is 0 Å². The van der Waals surface area contributed by atoms with Crippen molar-refractivity contribution in [2.75, 3.05) is 11.9 Å². The maximum atomic E-state index is 13.1. The van der Waals surface area contributed by atoms with Crippen LogP contribution in [0.3, 0.4) is 0 Å². The van der Waals surface area contributed by atoms with Gasteiger partial charge in [-0.15, -0.1) is 0 Å². The summed E-state index contributed by atoms with van der Waals surface area (Å²) in [7, 11) is -4.52. The minimum Gasteiger partial charge on any atom is -0.379 e. The fraction of sp³-hybridized carbons (Fsp3) is 0.296. The molecule has 2 amide bonds. The summed E-state index contributed by atoms with van der Waals surface area (Å²) in [6, 6.07) is 16.7. The van der Waals surface area contributed by atoms with E-state index in [1.807, 2.05) is 45.0 Å². The molecule has 6 nitrogen and oxygen atoms in total. The number of anilines is 1. The molecule has 0 atom stereocenters. The van der Waals surface area contributed by atoms with Gasteiger partial charge in [0.25, 0.3) is 0 Å². The highest BCUT2D eigenvalue weighted by molar-refractivity contribution is 7.87. The second-order valence-corrected chi connectivity index (χ2v) is 10.5. The number of aryl methyl sites for hydroxylation is 1. The van der Waals surface area contributed by atoms with E-state index in [4.69, 9.17) is 4.18 Å². The number of nitrogens with one attached hydrogen (secondary N) is 1. The molecule has 1 N–H and O–H groups in total. The van der Waals surface area contributed by atoms with Crippen molar-refractivity contribution in [2.24, 2.45) is 5.92 Å². The summed E-state index contributed by atoms with van der Waals surface area (Å²) in [4.78, 5) is 14.1. The molecule has 0 heterocycles. The Balaban J connectivity index is 1.80. The Hall–Kier alpha value is -3.53. The SMILES string of the molecule is CCc1ccccc1NC(=O)N(Cc1cccc(OS(=O)(=O)c2cccc(C(F)(F)F)c2)c1)CC(C)C. The number of halogens is 3. The molecule has 10 heteroatoms. The fourth-order valence-corrected chi connectivity index (χ4v) is 4.69. The molecule has 0 unspecified atom stereocenters. The summed E-state index contributed by atoms with van der Waals surface area (Å²) < 4.78 is 69.5. The van der Waals surface area contributed by atoms with Crippen LogP contribution in [0.5, 0.6) is 5.75 Å². The number of nitrogens with zero attached hydrogens (tertiary/aromatic N) is 1. The van der Waals surface area contributed by atoms with Gasteiger partial charge in [-0.05, 0) is 59.9 Å². The van der Waals surface area contributed by atoms with Crippen LogP contribution in [0.15, 0.2) is 77.7 Å². The molecule has 198 valence electrons. The van der Waals surface area contributed by atoms with E-state index in [0.29, 0.717) is 23.9 Å². The molecule has 0 aliphatic rings. The van der Waals surface area contributed by atoms with E-state index in [9.17, 15) is 26.4 Å². The minimum atomic E-state index is -4.69. The number of para-hydroxylation sites is 1. The predicted molar refractivity (Wildman–Crippen MR) is 136 cm³/mol. The fourth-order valence-electron chi connectivity index (χ4n) is 3.72. The van der Waals surface area contributed by atoms with Crippen LogP contribution in [-0.4, -0.2) is 25.9 Å². The lowest BCUT2D eigenvalue weighted by molar-refractivity contribution is -0.137. The van der Waals surface area contributed by atoms with Crippen molar-refractivity contribution >= 4 is 21.8 Å². The third-order valence-corrected chi connectivity index (χ3v) is 6.68. The third-order valence-electron chi connectivity index (χ3n) is 5.44. The molecular formula is C27H29F3N2O4S. The van der Waals surface area contributed by atoms with Gasteiger partial charge in [-0.25, -0.2) is 4.79 Å². The van der Waals surface area contributed by atoms with Gasteiger partial charge in [-0.1, -0.05) is 57.2 Å². The molecule has 0 aliphatic heterocycles. The van der Waals surface area contributed by atoms with Crippen LogP contribution in [0.25, 0.3) is 0 Å². The molecule has 0 bridgehead atoms. The van der Waals surface area contributed by atoms with Gasteiger partial charge in [0.15, 0.2) is 0 Å². The molecule has 0 radical (unpaired) electrons. The van der Waals surface area contributed by atoms with E-state index in [1.165, 1.54) is 12.1 Å². The van der Waals surface area contributed by atoms with E-state index in [2.05, 4.69) is 5.32 Å². The second kappa shape index (κ2) is 11.7. The molecule has 0 fully saturated rings. The van der Waals surface area contributed by atoms with Crippen LogP contribution >= 0.6 is 0 Å². The van der Waals surface area contributed by atoms with Crippen LogP contribution < -0.4 is 9.50 Å². The number of hydrogen-bond donors (Lipinski definition) is 1. The van der Waals surface area contributed by atoms with Crippen LogP contribution in [0, 0.1) is 5.92 Å². The topological polar surface area (TPSA) is 75.7 Å². The largest absolute Gasteiger partial charge is 0.416 e. The van der Waals surface area contributed by atoms with E-state index in [0.717, 1.165) is 30.2 Å². The summed E-state index contributed by atoms with van der Waals surface area (Å²) >= 11 is 0. The Kier molecular flexibility index (Phi) is 8.85. The molecule has 0 spiro atoms. The van der Waals surface area contributed by atoms with Crippen molar-refractivity contribution < 1.29 is 30.6 Å². The van der Waals surface area contributed by atoms with Gasteiger partial charge in [-0.3, -0.25) is 0 Å². The Morgan fingerprint density at radius 3 is 2.38 bits per heavy atom. The van der Waals surface area contributed by atoms with Crippen LogP contribution in [-0.2, 0) is 29.3 Å². The van der Waals surface area contributed by atoms with Crippen LogP contribution in [0.2, 0.25) is 0 Å². The normalized spacial score (nSPS) is 11.9. The first kappa shape index (κ1) is 28.0. The predicted octanol–water partition coefficient (Wildman–Crippen LogP) is 6.73. The molecule has 0 aromatic heterocycles. The average molecular weight is 535 g/mol. The van der Waals surface area contributed by atoms with E-state index in [-0.39, 0.29) is 24.2 Å². The zero-order valence-electron chi connectivity index (χ0n) is 20.7. The van der Waals surface area contributed by atoms with Crippen molar-refractivity contribution in [1.82, 2.24) is 4.90 Å².